The maximum Gasteiger partial charge on any atom is 0.404 e. The number of halogens is 5. The Balaban J connectivity index is 2.39. The Bertz CT molecular complexity index is 999. The molecule has 1 amide bonds. The zero-order valence-corrected chi connectivity index (χ0v) is 16.4. The molecule has 0 radical (unpaired) electrons. The Morgan fingerprint density at radius 2 is 1.89 bits per heavy atom. The highest BCUT2D eigenvalue weighted by Gasteiger charge is 2.40. The molecule has 1 atom stereocenters. The molecule has 1 aromatic carbocycles. The summed E-state index contributed by atoms with van der Waals surface area (Å²) in [5, 5.41) is 1.70. The summed E-state index contributed by atoms with van der Waals surface area (Å²) in [6.45, 7) is 2.17. The second-order valence-corrected chi connectivity index (χ2v) is 8.10. The van der Waals surface area contributed by atoms with Gasteiger partial charge in [0.15, 0.2) is 0 Å². The van der Waals surface area contributed by atoms with Gasteiger partial charge in [-0.25, -0.2) is 12.8 Å². The van der Waals surface area contributed by atoms with E-state index >= 15 is 0 Å². The lowest BCUT2D eigenvalue weighted by molar-refractivity contribution is -0.147. The summed E-state index contributed by atoms with van der Waals surface area (Å²) in [4.78, 5) is 11.8. The zero-order chi connectivity index (χ0) is 21.4. The maximum absolute atomic E-state index is 13.9. The first-order valence-corrected chi connectivity index (χ1v) is 9.62. The van der Waals surface area contributed by atoms with Crippen LogP contribution in [0.4, 0.5) is 23.2 Å². The molecule has 2 rings (SSSR count). The van der Waals surface area contributed by atoms with E-state index < -0.39 is 43.9 Å². The van der Waals surface area contributed by atoms with Crippen molar-refractivity contribution < 1.29 is 30.8 Å². The Morgan fingerprint density at radius 3 is 2.43 bits per heavy atom. The summed E-state index contributed by atoms with van der Waals surface area (Å²) in [6.07, 6.45) is -3.91. The average molecular weight is 442 g/mol. The molecule has 0 aliphatic heterocycles. The number of hydrogen-bond acceptors (Lipinski definition) is 3. The molecule has 0 bridgehead atoms. The highest BCUT2D eigenvalue weighted by molar-refractivity contribution is 7.89. The van der Waals surface area contributed by atoms with E-state index in [1.165, 1.54) is 17.8 Å². The quantitative estimate of drug-likeness (QED) is 0.696. The lowest BCUT2D eigenvalue weighted by Gasteiger charge is -2.16. The molecule has 1 aromatic heterocycles. The van der Waals surface area contributed by atoms with Crippen molar-refractivity contribution in [3.63, 3.8) is 0 Å². The van der Waals surface area contributed by atoms with Crippen LogP contribution in [0.3, 0.4) is 0 Å². The number of nitrogens with one attached hydrogen (secondary N) is 2. The van der Waals surface area contributed by atoms with Crippen LogP contribution in [0.25, 0.3) is 0 Å². The number of sulfonamides is 1. The topological polar surface area (TPSA) is 80.2 Å². The predicted molar refractivity (Wildman–Crippen MR) is 95.4 cm³/mol. The lowest BCUT2D eigenvalue weighted by atomic mass is 10.2. The molecule has 0 unspecified atom stereocenters. The van der Waals surface area contributed by atoms with Crippen LogP contribution in [0, 0.1) is 12.7 Å². The highest BCUT2D eigenvalue weighted by Crippen LogP contribution is 2.30. The molecule has 0 aliphatic carbocycles. The molecule has 0 saturated carbocycles. The molecule has 0 fully saturated rings. The molecule has 6 nitrogen and oxygen atoms in total. The summed E-state index contributed by atoms with van der Waals surface area (Å²) < 4.78 is 78.9. The van der Waals surface area contributed by atoms with Crippen molar-refractivity contribution in [1.29, 1.82) is 0 Å². The second kappa shape index (κ2) is 7.72. The fourth-order valence-corrected chi connectivity index (χ4v) is 4.27. The van der Waals surface area contributed by atoms with Crippen LogP contribution in [0.1, 0.15) is 23.0 Å². The van der Waals surface area contributed by atoms with Gasteiger partial charge in [0.05, 0.1) is 10.7 Å². The summed E-state index contributed by atoms with van der Waals surface area (Å²) >= 11 is 5.98. The number of aromatic nitrogens is 1. The minimum absolute atomic E-state index is 0.127. The number of benzene rings is 1. The minimum Gasteiger partial charge on any atom is -0.344 e. The Labute approximate surface area is 163 Å². The van der Waals surface area contributed by atoms with Crippen LogP contribution in [-0.2, 0) is 17.1 Å². The number of carbonyl (C=O) groups excluding carboxylic acids is 1. The van der Waals surface area contributed by atoms with Gasteiger partial charge in [-0.3, -0.25) is 4.79 Å². The van der Waals surface area contributed by atoms with Gasteiger partial charge in [-0.1, -0.05) is 23.7 Å². The third-order valence-electron chi connectivity index (χ3n) is 3.88. The number of amides is 1. The molecule has 2 aromatic rings. The Kier molecular flexibility index (Phi) is 6.12. The van der Waals surface area contributed by atoms with E-state index in [0.717, 1.165) is 16.8 Å². The average Bonchev–Trinajstić information content (AvgIpc) is 2.85. The highest BCUT2D eigenvalue weighted by atomic mass is 35.5. The van der Waals surface area contributed by atoms with Crippen LogP contribution < -0.4 is 10.0 Å². The standard InChI is InChI=1S/C16H16ClF4N3O3S/c1-8-5-4-6-10(18)13(8)22-15(25)14-12(17)11(7-24(14)3)28(26,27)23-9(2)16(19,20)21/h4-7,9,23H,1-3H3,(H,22,25)/t9-/m1/s1. The number of aryl methyl sites for hydroxylation is 2. The number of alkyl halides is 3. The van der Waals surface area contributed by atoms with Crippen LogP contribution >= 0.6 is 11.6 Å². The van der Waals surface area contributed by atoms with E-state index in [-0.39, 0.29) is 11.4 Å². The summed E-state index contributed by atoms with van der Waals surface area (Å²) in [5.41, 5.74) is -0.0745. The summed E-state index contributed by atoms with van der Waals surface area (Å²) in [7, 11) is -3.40. The Hall–Kier alpha value is -2.11. The smallest absolute Gasteiger partial charge is 0.344 e. The number of anilines is 1. The first-order valence-electron chi connectivity index (χ1n) is 7.76. The normalized spacial score (nSPS) is 13.4. The van der Waals surface area contributed by atoms with Crippen molar-refractivity contribution in [2.75, 3.05) is 5.32 Å². The fraction of sp³-hybridized carbons (Fsp3) is 0.312. The van der Waals surface area contributed by atoms with Crippen LogP contribution in [0.5, 0.6) is 0 Å². The van der Waals surface area contributed by atoms with Crippen molar-refractivity contribution in [2.24, 2.45) is 7.05 Å². The van der Waals surface area contributed by atoms with E-state index in [0.29, 0.717) is 12.5 Å². The third-order valence-corrected chi connectivity index (χ3v) is 5.92. The molecular weight excluding hydrogens is 426 g/mol. The largest absolute Gasteiger partial charge is 0.404 e. The number of nitrogens with zero attached hydrogens (tertiary/aromatic N) is 1. The van der Waals surface area contributed by atoms with Crippen LogP contribution in [0.2, 0.25) is 5.02 Å². The number of rotatable bonds is 5. The molecular formula is C16H16ClF4N3O3S. The van der Waals surface area contributed by atoms with Crippen molar-refractivity contribution in [3.05, 3.63) is 46.5 Å². The Morgan fingerprint density at radius 1 is 1.29 bits per heavy atom. The SMILES string of the molecule is Cc1cccc(F)c1NC(=O)c1c(Cl)c(S(=O)(=O)N[C@H](C)C(F)(F)F)cn1C. The summed E-state index contributed by atoms with van der Waals surface area (Å²) in [6, 6.07) is 1.73. The first kappa shape index (κ1) is 22.2. The second-order valence-electron chi connectivity index (χ2n) is 6.04. The number of hydrogen-bond donors (Lipinski definition) is 2. The van der Waals surface area contributed by atoms with Crippen molar-refractivity contribution >= 4 is 33.2 Å². The predicted octanol–water partition coefficient (Wildman–Crippen LogP) is 3.61. The van der Waals surface area contributed by atoms with Crippen molar-refractivity contribution in [1.82, 2.24) is 9.29 Å². The van der Waals surface area contributed by atoms with Gasteiger partial charge >= 0.3 is 6.18 Å². The van der Waals surface area contributed by atoms with E-state index in [9.17, 15) is 30.8 Å². The van der Waals surface area contributed by atoms with E-state index in [4.69, 9.17) is 11.6 Å². The van der Waals surface area contributed by atoms with E-state index in [1.807, 2.05) is 0 Å². The number of para-hydroxylation sites is 1. The zero-order valence-electron chi connectivity index (χ0n) is 14.9. The molecule has 28 heavy (non-hydrogen) atoms. The van der Waals surface area contributed by atoms with Crippen LogP contribution in [0.15, 0.2) is 29.3 Å². The van der Waals surface area contributed by atoms with Gasteiger partial charge in [0, 0.05) is 13.2 Å². The minimum atomic E-state index is -4.81. The third kappa shape index (κ3) is 4.47. The number of carbonyl (C=O) groups is 1. The van der Waals surface area contributed by atoms with Crippen LogP contribution in [-0.4, -0.2) is 31.1 Å². The lowest BCUT2D eigenvalue weighted by Crippen LogP contribution is -2.42. The molecule has 0 spiro atoms. The van der Waals surface area contributed by atoms with Crippen molar-refractivity contribution in [2.45, 2.75) is 31.0 Å². The molecule has 0 saturated heterocycles. The van der Waals surface area contributed by atoms with Gasteiger partial charge in [-0.05, 0) is 25.5 Å². The van der Waals surface area contributed by atoms with Gasteiger partial charge in [-0.15, -0.1) is 0 Å². The molecule has 1 heterocycles. The molecule has 0 aliphatic rings. The molecule has 12 heteroatoms. The summed E-state index contributed by atoms with van der Waals surface area (Å²) in [5.74, 6) is -1.64. The van der Waals surface area contributed by atoms with Crippen molar-refractivity contribution in [3.8, 4) is 0 Å². The fourth-order valence-electron chi connectivity index (χ4n) is 2.34. The molecule has 154 valence electrons. The van der Waals surface area contributed by atoms with E-state index in [2.05, 4.69) is 5.32 Å². The maximum atomic E-state index is 13.9. The van der Waals surface area contributed by atoms with Gasteiger partial charge < -0.3 is 9.88 Å². The molecule has 2 N–H and O–H groups in total. The monoisotopic (exact) mass is 441 g/mol. The first-order chi connectivity index (χ1) is 12.8. The van der Waals surface area contributed by atoms with Gasteiger partial charge in [0.25, 0.3) is 5.91 Å². The van der Waals surface area contributed by atoms with E-state index in [1.54, 1.807) is 13.0 Å². The van der Waals surface area contributed by atoms with Gasteiger partial charge in [0.1, 0.15) is 22.4 Å². The van der Waals surface area contributed by atoms with Gasteiger partial charge in [-0.2, -0.15) is 17.9 Å². The van der Waals surface area contributed by atoms with Gasteiger partial charge in [0.2, 0.25) is 10.0 Å².